The van der Waals surface area contributed by atoms with Crippen molar-refractivity contribution in [2.45, 2.75) is 26.7 Å². The summed E-state index contributed by atoms with van der Waals surface area (Å²) in [6, 6.07) is 17.3. The molecule has 0 N–H and O–H groups in total. The molecule has 0 fully saturated rings. The van der Waals surface area contributed by atoms with Gasteiger partial charge in [-0.1, -0.05) is 56.3 Å². The van der Waals surface area contributed by atoms with Gasteiger partial charge in [-0.2, -0.15) is 0 Å². The first-order chi connectivity index (χ1) is 10.3. The van der Waals surface area contributed by atoms with Crippen LogP contribution in [0.5, 0.6) is 0 Å². The Kier molecular flexibility index (Phi) is 2.75. The lowest BCUT2D eigenvalue weighted by Crippen LogP contribution is -1.84. The predicted octanol–water partition coefficient (Wildman–Crippen LogP) is 5.86. The molecule has 0 radical (unpaired) electrons. The highest BCUT2D eigenvalue weighted by molar-refractivity contribution is 6.16. The lowest BCUT2D eigenvalue weighted by Gasteiger charge is -2.05. The summed E-state index contributed by atoms with van der Waals surface area (Å²) < 4.78 is 6.29. The van der Waals surface area contributed by atoms with Crippen molar-refractivity contribution in [2.24, 2.45) is 0 Å². The van der Waals surface area contributed by atoms with Crippen LogP contribution in [0.2, 0.25) is 0 Å². The Morgan fingerprint density at radius 1 is 0.667 bits per heavy atom. The number of hydrogen-bond acceptors (Lipinski definition) is 1. The third-order valence-electron chi connectivity index (χ3n) is 4.43. The van der Waals surface area contributed by atoms with Crippen LogP contribution in [0.3, 0.4) is 0 Å². The third kappa shape index (κ3) is 1.70. The summed E-state index contributed by atoms with van der Waals surface area (Å²) in [6.45, 7) is 4.39. The molecule has 1 heterocycles. The van der Waals surface area contributed by atoms with Crippen LogP contribution in [0.4, 0.5) is 0 Å². The van der Waals surface area contributed by atoms with Gasteiger partial charge in [-0.05, 0) is 35.4 Å². The molecule has 0 saturated carbocycles. The molecule has 1 aromatic heterocycles. The van der Waals surface area contributed by atoms with E-state index < -0.39 is 0 Å². The molecule has 1 heteroatoms. The largest absolute Gasteiger partial charge is 0.455 e. The van der Waals surface area contributed by atoms with E-state index in [0.717, 1.165) is 24.0 Å². The van der Waals surface area contributed by atoms with Gasteiger partial charge >= 0.3 is 0 Å². The van der Waals surface area contributed by atoms with E-state index in [4.69, 9.17) is 4.42 Å². The first-order valence-corrected chi connectivity index (χ1v) is 7.68. The molecule has 3 aromatic carbocycles. The molecule has 0 saturated heterocycles. The standard InChI is InChI=1S/C20H18O/c1-3-13-8-7-11-17-18-12-14(4-2)15-9-5-6-10-16(15)20(18)21-19(13)17/h5-12H,3-4H2,1-2H3. The van der Waals surface area contributed by atoms with Crippen molar-refractivity contribution < 1.29 is 4.42 Å². The number of benzene rings is 3. The summed E-state index contributed by atoms with van der Waals surface area (Å²) in [5.41, 5.74) is 4.75. The first-order valence-electron chi connectivity index (χ1n) is 7.68. The number of para-hydroxylation sites is 1. The van der Waals surface area contributed by atoms with E-state index in [-0.39, 0.29) is 0 Å². The summed E-state index contributed by atoms with van der Waals surface area (Å²) in [5, 5.41) is 5.02. The first kappa shape index (κ1) is 12.5. The van der Waals surface area contributed by atoms with Crippen LogP contribution in [0, 0.1) is 0 Å². The smallest absolute Gasteiger partial charge is 0.143 e. The lowest BCUT2D eigenvalue weighted by molar-refractivity contribution is 0.667. The van der Waals surface area contributed by atoms with Crippen molar-refractivity contribution in [3.8, 4) is 0 Å². The molecule has 0 unspecified atom stereocenters. The van der Waals surface area contributed by atoms with E-state index in [2.05, 4.69) is 62.4 Å². The number of fused-ring (bicyclic) bond motifs is 5. The number of hydrogen-bond donors (Lipinski definition) is 0. The molecule has 21 heavy (non-hydrogen) atoms. The maximum absolute atomic E-state index is 6.29. The third-order valence-corrected chi connectivity index (χ3v) is 4.43. The zero-order valence-electron chi connectivity index (χ0n) is 12.4. The quantitative estimate of drug-likeness (QED) is 0.446. The van der Waals surface area contributed by atoms with Gasteiger partial charge in [0.2, 0.25) is 0 Å². The molecule has 0 atom stereocenters. The van der Waals surface area contributed by atoms with E-state index in [0.29, 0.717) is 0 Å². The van der Waals surface area contributed by atoms with Crippen molar-refractivity contribution in [3.63, 3.8) is 0 Å². The van der Waals surface area contributed by atoms with Crippen molar-refractivity contribution in [3.05, 3.63) is 59.7 Å². The fraction of sp³-hybridized carbons (Fsp3) is 0.200. The molecule has 1 nitrogen and oxygen atoms in total. The van der Waals surface area contributed by atoms with Gasteiger partial charge < -0.3 is 4.42 Å². The Balaban J connectivity index is 2.27. The Morgan fingerprint density at radius 2 is 1.33 bits per heavy atom. The normalized spacial score (nSPS) is 11.7. The number of aryl methyl sites for hydroxylation is 2. The SMILES string of the molecule is CCc1cc2c3cccc(CC)c3oc2c2ccccc12. The molecular weight excluding hydrogens is 256 g/mol. The summed E-state index contributed by atoms with van der Waals surface area (Å²) in [7, 11) is 0. The second-order valence-electron chi connectivity index (χ2n) is 5.56. The fourth-order valence-corrected chi connectivity index (χ4v) is 3.32. The number of furan rings is 1. The Labute approximate surface area is 124 Å². The topological polar surface area (TPSA) is 13.1 Å². The van der Waals surface area contributed by atoms with Gasteiger partial charge in [0.15, 0.2) is 0 Å². The summed E-state index contributed by atoms with van der Waals surface area (Å²) in [6.07, 6.45) is 2.03. The van der Waals surface area contributed by atoms with Crippen molar-refractivity contribution >= 4 is 32.7 Å². The molecule has 0 aliphatic heterocycles. The van der Waals surface area contributed by atoms with Gasteiger partial charge in [-0.3, -0.25) is 0 Å². The molecule has 0 bridgehead atoms. The second-order valence-corrected chi connectivity index (χ2v) is 5.56. The minimum atomic E-state index is 0.996. The van der Waals surface area contributed by atoms with Crippen molar-refractivity contribution in [2.75, 3.05) is 0 Å². The number of rotatable bonds is 2. The Morgan fingerprint density at radius 3 is 2.10 bits per heavy atom. The lowest BCUT2D eigenvalue weighted by atomic mass is 9.98. The molecule has 0 spiro atoms. The molecule has 104 valence electrons. The van der Waals surface area contributed by atoms with Crippen LogP contribution in [0.1, 0.15) is 25.0 Å². The van der Waals surface area contributed by atoms with Gasteiger partial charge in [0.25, 0.3) is 0 Å². The van der Waals surface area contributed by atoms with Gasteiger partial charge in [0.1, 0.15) is 11.2 Å². The Bertz CT molecular complexity index is 960. The maximum atomic E-state index is 6.29. The molecule has 0 aliphatic carbocycles. The van der Waals surface area contributed by atoms with E-state index in [9.17, 15) is 0 Å². The van der Waals surface area contributed by atoms with Crippen molar-refractivity contribution in [1.82, 2.24) is 0 Å². The molecule has 0 aliphatic rings. The highest BCUT2D eigenvalue weighted by Gasteiger charge is 2.14. The summed E-state index contributed by atoms with van der Waals surface area (Å²) in [5.74, 6) is 0. The van der Waals surface area contributed by atoms with Gasteiger partial charge in [0, 0.05) is 16.2 Å². The molecule has 4 aromatic rings. The van der Waals surface area contributed by atoms with Crippen LogP contribution < -0.4 is 0 Å². The van der Waals surface area contributed by atoms with E-state index in [1.165, 1.54) is 32.7 Å². The predicted molar refractivity (Wildman–Crippen MR) is 90.0 cm³/mol. The van der Waals surface area contributed by atoms with Crippen LogP contribution >= 0.6 is 0 Å². The molecule has 0 amide bonds. The molecular formula is C20H18O. The van der Waals surface area contributed by atoms with Crippen LogP contribution in [-0.4, -0.2) is 0 Å². The van der Waals surface area contributed by atoms with Crippen molar-refractivity contribution in [1.29, 1.82) is 0 Å². The van der Waals surface area contributed by atoms with E-state index in [1.807, 2.05) is 0 Å². The minimum Gasteiger partial charge on any atom is -0.455 e. The van der Waals surface area contributed by atoms with E-state index in [1.54, 1.807) is 0 Å². The highest BCUT2D eigenvalue weighted by Crippen LogP contribution is 2.37. The van der Waals surface area contributed by atoms with Crippen LogP contribution in [0.15, 0.2) is 52.9 Å². The van der Waals surface area contributed by atoms with Crippen LogP contribution in [-0.2, 0) is 12.8 Å². The monoisotopic (exact) mass is 274 g/mol. The Hall–Kier alpha value is -2.28. The maximum Gasteiger partial charge on any atom is 0.143 e. The minimum absolute atomic E-state index is 0.996. The summed E-state index contributed by atoms with van der Waals surface area (Å²) >= 11 is 0. The van der Waals surface area contributed by atoms with Gasteiger partial charge in [-0.25, -0.2) is 0 Å². The zero-order chi connectivity index (χ0) is 14.4. The van der Waals surface area contributed by atoms with Crippen LogP contribution in [0.25, 0.3) is 32.7 Å². The molecule has 4 rings (SSSR count). The highest BCUT2D eigenvalue weighted by atomic mass is 16.3. The average molecular weight is 274 g/mol. The van der Waals surface area contributed by atoms with Gasteiger partial charge in [-0.15, -0.1) is 0 Å². The van der Waals surface area contributed by atoms with E-state index >= 15 is 0 Å². The zero-order valence-corrected chi connectivity index (χ0v) is 12.4. The fourth-order valence-electron chi connectivity index (χ4n) is 3.32. The average Bonchev–Trinajstić information content (AvgIpc) is 2.92. The van der Waals surface area contributed by atoms with Gasteiger partial charge in [0.05, 0.1) is 0 Å². The second kappa shape index (κ2) is 4.63. The summed E-state index contributed by atoms with van der Waals surface area (Å²) in [4.78, 5) is 0.